The van der Waals surface area contributed by atoms with Crippen LogP contribution in [0.3, 0.4) is 0 Å². The van der Waals surface area contributed by atoms with Crippen LogP contribution in [-0.2, 0) is 0 Å². The van der Waals surface area contributed by atoms with E-state index in [4.69, 9.17) is 14.7 Å². The Labute approximate surface area is 129 Å². The van der Waals surface area contributed by atoms with E-state index in [1.54, 1.807) is 30.3 Å². The normalized spacial score (nSPS) is 13.3. The number of alkyl halides is 3. The number of fused-ring (bicyclic) bond motifs is 1. The second-order valence-electron chi connectivity index (χ2n) is 4.73. The molecule has 1 aliphatic heterocycles. The average Bonchev–Trinajstić information content (AvgIpc) is 2.53. The van der Waals surface area contributed by atoms with Crippen LogP contribution in [-0.4, -0.2) is 19.6 Å². The fourth-order valence-electron chi connectivity index (χ4n) is 2.23. The zero-order valence-corrected chi connectivity index (χ0v) is 11.7. The Bertz CT molecular complexity index is 781. The molecule has 23 heavy (non-hydrogen) atoms. The summed E-state index contributed by atoms with van der Waals surface area (Å²) < 4.78 is 52.1. The van der Waals surface area contributed by atoms with Crippen LogP contribution in [0.25, 0.3) is 11.1 Å². The predicted molar refractivity (Wildman–Crippen MR) is 74.3 cm³/mol. The average molecular weight is 321 g/mol. The van der Waals surface area contributed by atoms with Crippen molar-refractivity contribution in [3.8, 4) is 34.4 Å². The first-order valence-corrected chi connectivity index (χ1v) is 6.66. The molecule has 0 saturated heterocycles. The zero-order valence-electron chi connectivity index (χ0n) is 11.7. The summed E-state index contributed by atoms with van der Waals surface area (Å²) in [4.78, 5) is 0. The number of nitriles is 1. The molecule has 7 heteroatoms. The van der Waals surface area contributed by atoms with Gasteiger partial charge in [-0.1, -0.05) is 12.1 Å². The molecular weight excluding hydrogens is 311 g/mol. The van der Waals surface area contributed by atoms with Crippen LogP contribution in [0, 0.1) is 11.3 Å². The molecule has 2 aromatic rings. The molecule has 0 N–H and O–H groups in total. The van der Waals surface area contributed by atoms with Gasteiger partial charge in [0.05, 0.1) is 5.56 Å². The van der Waals surface area contributed by atoms with Gasteiger partial charge in [0.1, 0.15) is 25.0 Å². The summed E-state index contributed by atoms with van der Waals surface area (Å²) >= 11 is 0. The topological polar surface area (TPSA) is 51.5 Å². The van der Waals surface area contributed by atoms with Crippen molar-refractivity contribution >= 4 is 0 Å². The van der Waals surface area contributed by atoms with Crippen LogP contribution in [0.15, 0.2) is 36.4 Å². The molecule has 0 spiro atoms. The van der Waals surface area contributed by atoms with E-state index in [9.17, 15) is 13.2 Å². The van der Waals surface area contributed by atoms with Gasteiger partial charge < -0.3 is 14.2 Å². The Balaban J connectivity index is 2.00. The zero-order chi connectivity index (χ0) is 16.4. The number of ether oxygens (including phenoxy) is 3. The number of benzene rings is 2. The molecule has 0 amide bonds. The lowest BCUT2D eigenvalue weighted by Gasteiger charge is -2.19. The smallest absolute Gasteiger partial charge is 0.486 e. The third-order valence-corrected chi connectivity index (χ3v) is 3.20. The standard InChI is InChI=1S/C16H10F3NO3/c17-16(18,19)23-14-7-10(1-2-12(14)9-20)11-3-4-13-15(8-11)22-6-5-21-13/h1-4,7-8H,5-6H2. The Kier molecular flexibility index (Phi) is 3.74. The van der Waals surface area contributed by atoms with E-state index < -0.39 is 12.1 Å². The molecule has 0 atom stereocenters. The van der Waals surface area contributed by atoms with Gasteiger partial charge in [-0.05, 0) is 35.4 Å². The highest BCUT2D eigenvalue weighted by Crippen LogP contribution is 2.36. The van der Waals surface area contributed by atoms with Gasteiger partial charge in [-0.2, -0.15) is 5.26 Å². The monoisotopic (exact) mass is 321 g/mol. The number of hydrogen-bond acceptors (Lipinski definition) is 4. The molecule has 3 rings (SSSR count). The highest BCUT2D eigenvalue weighted by Gasteiger charge is 2.32. The largest absolute Gasteiger partial charge is 0.573 e. The molecule has 0 fully saturated rings. The number of halogens is 3. The van der Waals surface area contributed by atoms with Gasteiger partial charge in [0, 0.05) is 0 Å². The molecule has 0 aromatic heterocycles. The number of hydrogen-bond donors (Lipinski definition) is 0. The van der Waals surface area contributed by atoms with Crippen LogP contribution in [0.4, 0.5) is 13.2 Å². The van der Waals surface area contributed by atoms with E-state index in [1.807, 2.05) is 0 Å². The summed E-state index contributed by atoms with van der Waals surface area (Å²) in [5.74, 6) is 0.573. The first-order chi connectivity index (χ1) is 11.0. The van der Waals surface area contributed by atoms with Gasteiger partial charge in [0.2, 0.25) is 0 Å². The fraction of sp³-hybridized carbons (Fsp3) is 0.188. The molecule has 0 bridgehead atoms. The Morgan fingerprint density at radius 3 is 2.30 bits per heavy atom. The summed E-state index contributed by atoms with van der Waals surface area (Å²) in [6, 6.07) is 10.8. The maximum atomic E-state index is 12.4. The van der Waals surface area contributed by atoms with E-state index in [-0.39, 0.29) is 5.56 Å². The molecule has 0 saturated carbocycles. The maximum Gasteiger partial charge on any atom is 0.573 e. The minimum atomic E-state index is -4.86. The Morgan fingerprint density at radius 2 is 1.61 bits per heavy atom. The molecule has 0 aliphatic carbocycles. The van der Waals surface area contributed by atoms with E-state index in [1.165, 1.54) is 12.1 Å². The quantitative estimate of drug-likeness (QED) is 0.842. The minimum Gasteiger partial charge on any atom is -0.486 e. The highest BCUT2D eigenvalue weighted by molar-refractivity contribution is 5.70. The summed E-state index contributed by atoms with van der Waals surface area (Å²) in [5.41, 5.74) is 0.912. The van der Waals surface area contributed by atoms with Crippen molar-refractivity contribution in [3.63, 3.8) is 0 Å². The van der Waals surface area contributed by atoms with Crippen LogP contribution < -0.4 is 14.2 Å². The maximum absolute atomic E-state index is 12.4. The van der Waals surface area contributed by atoms with Crippen LogP contribution >= 0.6 is 0 Å². The molecule has 1 heterocycles. The van der Waals surface area contributed by atoms with Gasteiger partial charge in [-0.15, -0.1) is 13.2 Å². The van der Waals surface area contributed by atoms with Crippen molar-refractivity contribution in [1.29, 1.82) is 5.26 Å². The number of rotatable bonds is 2. The Morgan fingerprint density at radius 1 is 0.957 bits per heavy atom. The van der Waals surface area contributed by atoms with Gasteiger partial charge in [-0.25, -0.2) is 0 Å². The molecule has 0 radical (unpaired) electrons. The predicted octanol–water partition coefficient (Wildman–Crippen LogP) is 3.90. The molecule has 4 nitrogen and oxygen atoms in total. The Hall–Kier alpha value is -2.88. The first kappa shape index (κ1) is 15.0. The lowest BCUT2D eigenvalue weighted by Crippen LogP contribution is -2.17. The van der Waals surface area contributed by atoms with Gasteiger partial charge in [0.25, 0.3) is 0 Å². The summed E-state index contributed by atoms with van der Waals surface area (Å²) in [7, 11) is 0. The molecule has 2 aromatic carbocycles. The van der Waals surface area contributed by atoms with Crippen LogP contribution in [0.2, 0.25) is 0 Å². The van der Waals surface area contributed by atoms with Crippen molar-refractivity contribution in [3.05, 3.63) is 42.0 Å². The van der Waals surface area contributed by atoms with Gasteiger partial charge in [0.15, 0.2) is 11.5 Å². The van der Waals surface area contributed by atoms with E-state index in [0.717, 1.165) is 0 Å². The molecule has 1 aliphatic rings. The lowest BCUT2D eigenvalue weighted by atomic mass is 10.0. The molecule has 0 unspecified atom stereocenters. The third kappa shape index (κ3) is 3.31. The first-order valence-electron chi connectivity index (χ1n) is 6.66. The van der Waals surface area contributed by atoms with Crippen LogP contribution in [0.1, 0.15) is 5.56 Å². The third-order valence-electron chi connectivity index (χ3n) is 3.20. The van der Waals surface area contributed by atoms with Crippen molar-refractivity contribution in [1.82, 2.24) is 0 Å². The number of nitrogens with zero attached hydrogens (tertiary/aromatic N) is 1. The van der Waals surface area contributed by atoms with Gasteiger partial charge in [-0.3, -0.25) is 0 Å². The lowest BCUT2D eigenvalue weighted by molar-refractivity contribution is -0.274. The van der Waals surface area contributed by atoms with Crippen molar-refractivity contribution < 1.29 is 27.4 Å². The van der Waals surface area contributed by atoms with E-state index in [2.05, 4.69) is 4.74 Å². The van der Waals surface area contributed by atoms with Gasteiger partial charge >= 0.3 is 6.36 Å². The van der Waals surface area contributed by atoms with Crippen molar-refractivity contribution in [2.75, 3.05) is 13.2 Å². The summed E-state index contributed by atoms with van der Waals surface area (Å²) in [5, 5.41) is 8.90. The van der Waals surface area contributed by atoms with E-state index >= 15 is 0 Å². The molecule has 118 valence electrons. The second-order valence-corrected chi connectivity index (χ2v) is 4.73. The molecular formula is C16H10F3NO3. The summed E-state index contributed by atoms with van der Waals surface area (Å²) in [6.07, 6.45) is -4.86. The van der Waals surface area contributed by atoms with Crippen LogP contribution in [0.5, 0.6) is 17.2 Å². The van der Waals surface area contributed by atoms with E-state index in [0.29, 0.717) is 35.8 Å². The van der Waals surface area contributed by atoms with Crippen molar-refractivity contribution in [2.45, 2.75) is 6.36 Å². The highest BCUT2D eigenvalue weighted by atomic mass is 19.4. The SMILES string of the molecule is N#Cc1ccc(-c2ccc3c(c2)OCCO3)cc1OC(F)(F)F. The van der Waals surface area contributed by atoms with Crippen molar-refractivity contribution in [2.24, 2.45) is 0 Å². The minimum absolute atomic E-state index is 0.191. The second kappa shape index (κ2) is 5.72. The fourth-order valence-corrected chi connectivity index (χ4v) is 2.23. The summed E-state index contributed by atoms with van der Waals surface area (Å²) in [6.45, 7) is 0.860.